The number of benzene rings is 1. The average Bonchev–Trinajstić information content (AvgIpc) is 2.36. The SMILES string of the molecule is CC(=NF)N(F)N(F)c1ccc(NS(=O)[O-])cc1. The molecular formula is C8H8F3N4O2S-. The third-order valence-electron chi connectivity index (χ3n) is 1.83. The molecule has 0 amide bonds. The van der Waals surface area contributed by atoms with E-state index in [1.807, 2.05) is 9.94 Å². The molecule has 1 aromatic rings. The van der Waals surface area contributed by atoms with Gasteiger partial charge in [-0.25, -0.2) is 0 Å². The van der Waals surface area contributed by atoms with Gasteiger partial charge in [-0.15, -0.1) is 0 Å². The predicted molar refractivity (Wildman–Crippen MR) is 59.7 cm³/mol. The molecule has 0 saturated carbocycles. The highest BCUT2D eigenvalue weighted by molar-refractivity contribution is 7.80. The van der Waals surface area contributed by atoms with Crippen molar-refractivity contribution in [3.8, 4) is 0 Å². The number of hydrogen-bond donors (Lipinski definition) is 1. The number of hydrazine groups is 1. The molecule has 10 heteroatoms. The molecular weight excluding hydrogens is 273 g/mol. The number of nitrogens with zero attached hydrogens (tertiary/aromatic N) is 3. The molecule has 0 aliphatic rings. The van der Waals surface area contributed by atoms with E-state index in [9.17, 15) is 22.2 Å². The lowest BCUT2D eigenvalue weighted by Crippen LogP contribution is -2.33. The molecule has 100 valence electrons. The van der Waals surface area contributed by atoms with Gasteiger partial charge in [0, 0.05) is 23.9 Å². The fourth-order valence-corrected chi connectivity index (χ4v) is 1.34. The van der Waals surface area contributed by atoms with Crippen molar-refractivity contribution in [1.82, 2.24) is 5.23 Å². The zero-order valence-electron chi connectivity index (χ0n) is 9.01. The molecule has 1 N–H and O–H groups in total. The molecule has 1 unspecified atom stereocenters. The first-order chi connectivity index (χ1) is 8.45. The van der Waals surface area contributed by atoms with Crippen LogP contribution in [0.3, 0.4) is 0 Å². The number of halogens is 3. The predicted octanol–water partition coefficient (Wildman–Crippen LogP) is 1.99. The van der Waals surface area contributed by atoms with Gasteiger partial charge < -0.3 is 9.27 Å². The van der Waals surface area contributed by atoms with E-state index >= 15 is 0 Å². The van der Waals surface area contributed by atoms with Crippen LogP contribution in [0.4, 0.5) is 24.8 Å². The number of amidine groups is 1. The highest BCUT2D eigenvalue weighted by atomic mass is 32.2. The van der Waals surface area contributed by atoms with Crippen LogP contribution in [-0.2, 0) is 11.3 Å². The van der Waals surface area contributed by atoms with E-state index in [-0.39, 0.29) is 11.4 Å². The molecule has 0 bridgehead atoms. The maximum atomic E-state index is 13.4. The largest absolute Gasteiger partial charge is 0.755 e. The third kappa shape index (κ3) is 3.60. The highest BCUT2D eigenvalue weighted by Crippen LogP contribution is 2.21. The Morgan fingerprint density at radius 3 is 2.39 bits per heavy atom. The van der Waals surface area contributed by atoms with E-state index in [0.29, 0.717) is 0 Å². The van der Waals surface area contributed by atoms with Crippen molar-refractivity contribution in [2.75, 3.05) is 9.95 Å². The lowest BCUT2D eigenvalue weighted by atomic mass is 10.3. The van der Waals surface area contributed by atoms with E-state index in [1.54, 1.807) is 0 Å². The number of hydrogen-bond acceptors (Lipinski definition) is 4. The minimum atomic E-state index is -2.51. The van der Waals surface area contributed by atoms with E-state index in [2.05, 4.69) is 0 Å². The summed E-state index contributed by atoms with van der Waals surface area (Å²) in [5.41, 5.74) is -0.107. The van der Waals surface area contributed by atoms with E-state index < -0.39 is 27.6 Å². The number of anilines is 2. The van der Waals surface area contributed by atoms with Crippen LogP contribution < -0.4 is 9.95 Å². The van der Waals surface area contributed by atoms with Gasteiger partial charge in [0.15, 0.2) is 5.84 Å². The average molecular weight is 281 g/mol. The van der Waals surface area contributed by atoms with E-state index in [1.165, 1.54) is 12.1 Å². The lowest BCUT2D eigenvalue weighted by Gasteiger charge is -2.20. The summed E-state index contributed by atoms with van der Waals surface area (Å²) >= 11 is -2.51. The van der Waals surface area contributed by atoms with Gasteiger partial charge in [-0.05, 0) is 24.3 Å². The summed E-state index contributed by atoms with van der Waals surface area (Å²) in [5.74, 6) is -0.833. The Morgan fingerprint density at radius 2 is 1.94 bits per heavy atom. The standard InChI is InChI=1S/C8H9F3N4O2S/c1-6(12-9)14(10)15(11)8-4-2-7(3-5-8)13-18(16)17/h2-5,13H,1H3,(H,16,17)/p-1. The molecule has 0 aliphatic carbocycles. The van der Waals surface area contributed by atoms with Crippen molar-refractivity contribution < 1.29 is 22.2 Å². The molecule has 0 aromatic heterocycles. The normalized spacial score (nSPS) is 13.1. The van der Waals surface area contributed by atoms with Crippen LogP contribution in [-0.4, -0.2) is 19.8 Å². The molecule has 0 aliphatic heterocycles. The Hall–Kier alpha value is -1.81. The lowest BCUT2D eigenvalue weighted by molar-refractivity contribution is 0.0358. The van der Waals surface area contributed by atoms with Gasteiger partial charge in [-0.2, -0.15) is 0 Å². The second-order valence-corrected chi connectivity index (χ2v) is 3.71. The highest BCUT2D eigenvalue weighted by Gasteiger charge is 2.17. The second kappa shape index (κ2) is 6.21. The van der Waals surface area contributed by atoms with Gasteiger partial charge in [-0.1, -0.05) is 29.1 Å². The van der Waals surface area contributed by atoms with Gasteiger partial charge in [0.1, 0.15) is 0 Å². The van der Waals surface area contributed by atoms with E-state index in [4.69, 9.17) is 0 Å². The number of nitrogens with one attached hydrogen (secondary N) is 1. The molecule has 0 fully saturated rings. The van der Waals surface area contributed by atoms with Crippen LogP contribution in [0.5, 0.6) is 0 Å². The first-order valence-corrected chi connectivity index (χ1v) is 5.56. The minimum Gasteiger partial charge on any atom is -0.755 e. The number of rotatable bonds is 4. The van der Waals surface area contributed by atoms with Crippen LogP contribution >= 0.6 is 0 Å². The summed E-state index contributed by atoms with van der Waals surface area (Å²) in [7, 11) is 0. The molecule has 0 saturated heterocycles. The van der Waals surface area contributed by atoms with Crippen LogP contribution in [0.15, 0.2) is 29.5 Å². The Bertz CT molecular complexity index is 456. The summed E-state index contributed by atoms with van der Waals surface area (Å²) in [6, 6.07) is 4.58. The van der Waals surface area contributed by atoms with Crippen LogP contribution in [0.2, 0.25) is 0 Å². The Balaban J connectivity index is 2.81. The second-order valence-electron chi connectivity index (χ2n) is 3.04. The summed E-state index contributed by atoms with van der Waals surface area (Å²) in [5, 5.41) is 0.850. The molecule has 18 heavy (non-hydrogen) atoms. The maximum Gasteiger partial charge on any atom is 0.190 e. The molecule has 0 radical (unpaired) electrons. The van der Waals surface area contributed by atoms with E-state index in [0.717, 1.165) is 19.1 Å². The fraction of sp³-hybridized carbons (Fsp3) is 0.125. The van der Waals surface area contributed by atoms with Crippen molar-refractivity contribution in [3.63, 3.8) is 0 Å². The molecule has 6 nitrogen and oxygen atoms in total. The quantitative estimate of drug-likeness (QED) is 0.301. The third-order valence-corrected chi connectivity index (χ3v) is 2.23. The molecule has 1 rings (SSSR count). The molecule has 0 heterocycles. The van der Waals surface area contributed by atoms with Gasteiger partial charge in [0.2, 0.25) is 0 Å². The monoisotopic (exact) mass is 281 g/mol. The van der Waals surface area contributed by atoms with Crippen molar-refractivity contribution in [1.29, 1.82) is 0 Å². The van der Waals surface area contributed by atoms with Gasteiger partial charge in [0.25, 0.3) is 0 Å². The molecule has 1 atom stereocenters. The Morgan fingerprint density at radius 1 is 1.39 bits per heavy atom. The van der Waals surface area contributed by atoms with Crippen LogP contribution in [0.25, 0.3) is 0 Å². The maximum absolute atomic E-state index is 13.4. The van der Waals surface area contributed by atoms with Crippen LogP contribution in [0.1, 0.15) is 6.92 Å². The van der Waals surface area contributed by atoms with Crippen molar-refractivity contribution in [3.05, 3.63) is 24.3 Å². The smallest absolute Gasteiger partial charge is 0.190 e. The Labute approximate surface area is 103 Å². The Kier molecular flexibility index (Phi) is 4.92. The topological polar surface area (TPSA) is 71.0 Å². The first-order valence-electron chi connectivity index (χ1n) is 4.49. The fourth-order valence-electron chi connectivity index (χ4n) is 1.01. The summed E-state index contributed by atoms with van der Waals surface area (Å²) < 4.78 is 60.8. The van der Waals surface area contributed by atoms with Gasteiger partial charge in [-0.3, -0.25) is 4.21 Å². The minimum absolute atomic E-state index is 0.168. The zero-order chi connectivity index (χ0) is 13.7. The van der Waals surface area contributed by atoms with Gasteiger partial charge in [0.05, 0.1) is 5.69 Å². The van der Waals surface area contributed by atoms with Crippen LogP contribution in [0, 0.1) is 0 Å². The van der Waals surface area contributed by atoms with Gasteiger partial charge >= 0.3 is 0 Å². The van der Waals surface area contributed by atoms with Crippen molar-refractivity contribution in [2.45, 2.75) is 6.92 Å². The summed E-state index contributed by atoms with van der Waals surface area (Å²) in [4.78, 5) is 0. The molecule has 0 spiro atoms. The summed E-state index contributed by atoms with van der Waals surface area (Å²) in [6.45, 7) is 0.920. The van der Waals surface area contributed by atoms with Crippen molar-refractivity contribution >= 4 is 28.5 Å². The van der Waals surface area contributed by atoms with Crippen molar-refractivity contribution in [2.24, 2.45) is 5.21 Å². The first kappa shape index (κ1) is 14.3. The zero-order valence-corrected chi connectivity index (χ0v) is 9.83. The molecule has 1 aromatic carbocycles. The summed E-state index contributed by atoms with van der Waals surface area (Å²) in [6.07, 6.45) is 0.